The zero-order valence-corrected chi connectivity index (χ0v) is 11.7. The molecule has 102 valence electrons. The van der Waals surface area contributed by atoms with Gasteiger partial charge < -0.3 is 5.73 Å². The molecule has 0 aliphatic carbocycles. The summed E-state index contributed by atoms with van der Waals surface area (Å²) in [5, 5.41) is 5.58. The van der Waals surface area contributed by atoms with Gasteiger partial charge in [0.1, 0.15) is 0 Å². The van der Waals surface area contributed by atoms with Gasteiger partial charge in [0.05, 0.1) is 18.3 Å². The summed E-state index contributed by atoms with van der Waals surface area (Å²) < 4.78 is 1.98. The van der Waals surface area contributed by atoms with Crippen LogP contribution in [0.4, 0.5) is 0 Å². The second kappa shape index (κ2) is 5.47. The second-order valence-corrected chi connectivity index (χ2v) is 5.09. The molecule has 0 radical (unpaired) electrons. The Bertz CT molecular complexity index is 698. The number of rotatable bonds is 4. The maximum Gasteiger partial charge on any atom is 0.0683 e. The number of hydrogen-bond donors (Lipinski definition) is 1. The molecule has 0 bridgehead atoms. The molecule has 0 aliphatic heterocycles. The third-order valence-electron chi connectivity index (χ3n) is 3.74. The molecule has 1 unspecified atom stereocenters. The molecule has 0 fully saturated rings. The first-order valence-corrected chi connectivity index (χ1v) is 7.03. The fraction of sp³-hybridized carbons (Fsp3) is 0.235. The molecule has 3 rings (SSSR count). The summed E-state index contributed by atoms with van der Waals surface area (Å²) in [6.45, 7) is 2.85. The van der Waals surface area contributed by atoms with Crippen LogP contribution in [0.25, 0.3) is 10.9 Å². The molecule has 0 amide bonds. The molecule has 0 spiro atoms. The van der Waals surface area contributed by atoms with Gasteiger partial charge in [0, 0.05) is 11.4 Å². The molecule has 20 heavy (non-hydrogen) atoms. The van der Waals surface area contributed by atoms with Crippen LogP contribution in [0.3, 0.4) is 0 Å². The zero-order valence-electron chi connectivity index (χ0n) is 11.7. The van der Waals surface area contributed by atoms with Crippen LogP contribution in [0, 0.1) is 0 Å². The zero-order chi connectivity index (χ0) is 13.9. The van der Waals surface area contributed by atoms with Crippen molar-refractivity contribution in [3.63, 3.8) is 0 Å². The Balaban J connectivity index is 1.82. The van der Waals surface area contributed by atoms with E-state index in [1.165, 1.54) is 5.56 Å². The summed E-state index contributed by atoms with van der Waals surface area (Å²) in [7, 11) is 0. The Morgan fingerprint density at radius 2 is 1.85 bits per heavy atom. The van der Waals surface area contributed by atoms with Crippen molar-refractivity contribution in [1.82, 2.24) is 9.78 Å². The van der Waals surface area contributed by atoms with E-state index in [1.54, 1.807) is 0 Å². The van der Waals surface area contributed by atoms with E-state index < -0.39 is 0 Å². The lowest BCUT2D eigenvalue weighted by Gasteiger charge is -2.13. The quantitative estimate of drug-likeness (QED) is 0.786. The van der Waals surface area contributed by atoms with Crippen molar-refractivity contribution in [1.29, 1.82) is 0 Å². The maximum atomic E-state index is 6.31. The number of nitrogens with zero attached hydrogens (tertiary/aromatic N) is 2. The van der Waals surface area contributed by atoms with Gasteiger partial charge in [-0.15, -0.1) is 0 Å². The number of hydrogen-bond acceptors (Lipinski definition) is 2. The minimum absolute atomic E-state index is 0.0378. The largest absolute Gasteiger partial charge is 0.322 e. The van der Waals surface area contributed by atoms with E-state index in [-0.39, 0.29) is 6.04 Å². The first kappa shape index (κ1) is 12.9. The second-order valence-electron chi connectivity index (χ2n) is 5.09. The molecule has 0 saturated heterocycles. The van der Waals surface area contributed by atoms with Crippen molar-refractivity contribution >= 4 is 10.9 Å². The van der Waals surface area contributed by atoms with Gasteiger partial charge in [-0.3, -0.25) is 4.68 Å². The fourth-order valence-electron chi connectivity index (χ4n) is 2.46. The highest BCUT2D eigenvalue weighted by Crippen LogP contribution is 2.18. The van der Waals surface area contributed by atoms with E-state index >= 15 is 0 Å². The number of nitrogens with two attached hydrogens (primary N) is 1. The third kappa shape index (κ3) is 2.45. The Labute approximate surface area is 119 Å². The summed E-state index contributed by atoms with van der Waals surface area (Å²) in [5.41, 5.74) is 9.93. The molecule has 3 aromatic rings. The summed E-state index contributed by atoms with van der Waals surface area (Å²) in [4.78, 5) is 0. The van der Waals surface area contributed by atoms with Crippen LogP contribution in [0.1, 0.15) is 24.1 Å². The van der Waals surface area contributed by atoms with E-state index in [1.807, 2.05) is 23.0 Å². The average Bonchev–Trinajstić information content (AvgIpc) is 2.91. The van der Waals surface area contributed by atoms with Crippen molar-refractivity contribution in [2.75, 3.05) is 0 Å². The monoisotopic (exact) mass is 265 g/mol. The summed E-state index contributed by atoms with van der Waals surface area (Å²) in [6.07, 6.45) is 2.95. The van der Waals surface area contributed by atoms with Crippen LogP contribution in [-0.2, 0) is 13.0 Å². The Morgan fingerprint density at radius 1 is 1.10 bits per heavy atom. The van der Waals surface area contributed by atoms with Crippen molar-refractivity contribution < 1.29 is 0 Å². The fourth-order valence-corrected chi connectivity index (χ4v) is 2.46. The van der Waals surface area contributed by atoms with E-state index in [0.29, 0.717) is 6.54 Å². The summed E-state index contributed by atoms with van der Waals surface area (Å²) in [6, 6.07) is 16.7. The standard InChI is InChI=1S/C17H19N3/c1-2-13-7-9-14(10-8-13)16(18)12-20-17-6-4-3-5-15(17)11-19-20/h3-11,16H,2,12,18H2,1H3. The molecule has 3 heteroatoms. The van der Waals surface area contributed by atoms with Gasteiger partial charge in [0.15, 0.2) is 0 Å². The van der Waals surface area contributed by atoms with Crippen LogP contribution in [0.2, 0.25) is 0 Å². The van der Waals surface area contributed by atoms with Crippen molar-refractivity contribution in [2.45, 2.75) is 25.9 Å². The summed E-state index contributed by atoms with van der Waals surface area (Å²) >= 11 is 0. The molecule has 1 atom stereocenters. The maximum absolute atomic E-state index is 6.31. The third-order valence-corrected chi connectivity index (χ3v) is 3.74. The van der Waals surface area contributed by atoms with Gasteiger partial charge in [-0.1, -0.05) is 49.4 Å². The predicted molar refractivity (Wildman–Crippen MR) is 82.5 cm³/mol. The molecule has 1 aromatic heterocycles. The van der Waals surface area contributed by atoms with E-state index in [9.17, 15) is 0 Å². The van der Waals surface area contributed by atoms with Gasteiger partial charge in [-0.25, -0.2) is 0 Å². The number of fused-ring (bicyclic) bond motifs is 1. The first-order chi connectivity index (χ1) is 9.78. The number of aromatic nitrogens is 2. The molecule has 0 aliphatic rings. The molecular formula is C17H19N3. The lowest BCUT2D eigenvalue weighted by molar-refractivity contribution is 0.542. The molecule has 2 aromatic carbocycles. The van der Waals surface area contributed by atoms with E-state index in [0.717, 1.165) is 22.9 Å². The highest BCUT2D eigenvalue weighted by molar-refractivity contribution is 5.78. The number of benzene rings is 2. The predicted octanol–water partition coefficient (Wildman–Crippen LogP) is 3.30. The molecule has 1 heterocycles. The Morgan fingerprint density at radius 3 is 2.60 bits per heavy atom. The Hall–Kier alpha value is -2.13. The summed E-state index contributed by atoms with van der Waals surface area (Å²) in [5.74, 6) is 0. The van der Waals surface area contributed by atoms with Gasteiger partial charge in [0.2, 0.25) is 0 Å². The number of aryl methyl sites for hydroxylation is 1. The van der Waals surface area contributed by atoms with Crippen LogP contribution in [0.15, 0.2) is 54.7 Å². The molecular weight excluding hydrogens is 246 g/mol. The highest BCUT2D eigenvalue weighted by Gasteiger charge is 2.09. The normalized spacial score (nSPS) is 12.7. The smallest absolute Gasteiger partial charge is 0.0683 e. The van der Waals surface area contributed by atoms with Gasteiger partial charge in [-0.05, 0) is 23.6 Å². The lowest BCUT2D eigenvalue weighted by Crippen LogP contribution is -2.18. The first-order valence-electron chi connectivity index (χ1n) is 7.03. The average molecular weight is 265 g/mol. The molecule has 3 nitrogen and oxygen atoms in total. The van der Waals surface area contributed by atoms with Crippen LogP contribution >= 0.6 is 0 Å². The minimum atomic E-state index is -0.0378. The van der Waals surface area contributed by atoms with E-state index in [2.05, 4.69) is 48.4 Å². The topological polar surface area (TPSA) is 43.8 Å². The van der Waals surface area contributed by atoms with Crippen molar-refractivity contribution in [3.05, 3.63) is 65.9 Å². The number of para-hydroxylation sites is 1. The van der Waals surface area contributed by atoms with Gasteiger partial charge in [-0.2, -0.15) is 5.10 Å². The molecule has 0 saturated carbocycles. The van der Waals surface area contributed by atoms with Gasteiger partial charge in [0.25, 0.3) is 0 Å². The lowest BCUT2D eigenvalue weighted by atomic mass is 10.0. The highest BCUT2D eigenvalue weighted by atomic mass is 15.3. The van der Waals surface area contributed by atoms with Gasteiger partial charge >= 0.3 is 0 Å². The van der Waals surface area contributed by atoms with Crippen LogP contribution in [-0.4, -0.2) is 9.78 Å². The SMILES string of the molecule is CCc1ccc(C(N)Cn2ncc3ccccc32)cc1. The van der Waals surface area contributed by atoms with E-state index in [4.69, 9.17) is 5.73 Å². The minimum Gasteiger partial charge on any atom is -0.322 e. The molecule has 2 N–H and O–H groups in total. The van der Waals surface area contributed by atoms with Crippen LogP contribution in [0.5, 0.6) is 0 Å². The van der Waals surface area contributed by atoms with Crippen molar-refractivity contribution in [3.8, 4) is 0 Å². The van der Waals surface area contributed by atoms with Crippen molar-refractivity contribution in [2.24, 2.45) is 5.73 Å². The van der Waals surface area contributed by atoms with Crippen LogP contribution < -0.4 is 5.73 Å². The Kier molecular flexibility index (Phi) is 3.52.